The first-order valence-electron chi connectivity index (χ1n) is 8.57. The van der Waals surface area contributed by atoms with E-state index in [9.17, 15) is 5.26 Å². The van der Waals surface area contributed by atoms with Crippen molar-refractivity contribution >= 4 is 0 Å². The Morgan fingerprint density at radius 3 is 2.92 bits per heavy atom. The number of nitrogens with two attached hydrogens (primary N) is 1. The van der Waals surface area contributed by atoms with Crippen LogP contribution in [0.15, 0.2) is 36.4 Å². The Hall–Kier alpha value is -2.35. The minimum Gasteiger partial charge on any atom is -0.483 e. The number of rotatable bonds is 1. The second kappa shape index (κ2) is 5.07. The number of hydrogen-bond acceptors (Lipinski definition) is 4. The van der Waals surface area contributed by atoms with Crippen LogP contribution in [0.4, 0.5) is 0 Å². The van der Waals surface area contributed by atoms with Crippen LogP contribution in [0.5, 0.6) is 5.75 Å². The van der Waals surface area contributed by atoms with Crippen LogP contribution < -0.4 is 10.5 Å². The topological polar surface area (TPSA) is 62.3 Å². The SMILES string of the molecule is N#Cc1ccc2c(c1)-c1cccc3c1[C@@H](O2)[C@H](N1CC[C@H](N)C1)C3. The maximum absolute atomic E-state index is 9.21. The molecule has 120 valence electrons. The summed E-state index contributed by atoms with van der Waals surface area (Å²) in [4.78, 5) is 2.49. The van der Waals surface area contributed by atoms with Crippen molar-refractivity contribution in [1.29, 1.82) is 5.26 Å². The highest BCUT2D eigenvalue weighted by Crippen LogP contribution is 2.50. The fraction of sp³-hybridized carbons (Fsp3) is 0.350. The Balaban J connectivity index is 1.62. The summed E-state index contributed by atoms with van der Waals surface area (Å²) < 4.78 is 6.43. The predicted octanol–water partition coefficient (Wildman–Crippen LogP) is 2.62. The van der Waals surface area contributed by atoms with Crippen molar-refractivity contribution in [2.45, 2.75) is 31.0 Å². The fourth-order valence-corrected chi connectivity index (χ4v) is 4.51. The molecule has 0 amide bonds. The molecule has 2 heterocycles. The van der Waals surface area contributed by atoms with Gasteiger partial charge >= 0.3 is 0 Å². The molecule has 4 nitrogen and oxygen atoms in total. The van der Waals surface area contributed by atoms with Gasteiger partial charge in [0.25, 0.3) is 0 Å². The van der Waals surface area contributed by atoms with Gasteiger partial charge in [0, 0.05) is 30.3 Å². The third-order valence-electron chi connectivity index (χ3n) is 5.64. The molecule has 0 bridgehead atoms. The molecule has 0 radical (unpaired) electrons. The van der Waals surface area contributed by atoms with Gasteiger partial charge in [-0.1, -0.05) is 18.2 Å². The zero-order chi connectivity index (χ0) is 16.3. The molecular weight excluding hydrogens is 298 g/mol. The van der Waals surface area contributed by atoms with Crippen molar-refractivity contribution in [3.8, 4) is 22.9 Å². The molecular formula is C20H19N3O. The van der Waals surface area contributed by atoms with Gasteiger partial charge in [-0.15, -0.1) is 0 Å². The highest BCUT2D eigenvalue weighted by Gasteiger charge is 2.43. The molecule has 1 saturated heterocycles. The Kier molecular flexibility index (Phi) is 2.97. The summed E-state index contributed by atoms with van der Waals surface area (Å²) in [5, 5.41) is 9.21. The van der Waals surface area contributed by atoms with Gasteiger partial charge in [-0.25, -0.2) is 0 Å². The van der Waals surface area contributed by atoms with E-state index in [0.29, 0.717) is 11.6 Å². The summed E-state index contributed by atoms with van der Waals surface area (Å²) in [7, 11) is 0. The first kappa shape index (κ1) is 14.0. The maximum atomic E-state index is 9.21. The number of ether oxygens (including phenoxy) is 1. The maximum Gasteiger partial charge on any atom is 0.140 e. The smallest absolute Gasteiger partial charge is 0.140 e. The van der Waals surface area contributed by atoms with Crippen LogP contribution in [-0.4, -0.2) is 30.1 Å². The first-order valence-corrected chi connectivity index (χ1v) is 8.57. The van der Waals surface area contributed by atoms with Crippen LogP contribution >= 0.6 is 0 Å². The van der Waals surface area contributed by atoms with Gasteiger partial charge in [-0.05, 0) is 42.2 Å². The molecule has 5 rings (SSSR count). The molecule has 1 fully saturated rings. The van der Waals surface area contributed by atoms with Gasteiger partial charge in [0.15, 0.2) is 0 Å². The molecule has 3 atom stereocenters. The number of nitrogens with zero attached hydrogens (tertiary/aromatic N) is 2. The Labute approximate surface area is 141 Å². The van der Waals surface area contributed by atoms with E-state index < -0.39 is 0 Å². The van der Waals surface area contributed by atoms with Crippen molar-refractivity contribution in [2.24, 2.45) is 5.73 Å². The van der Waals surface area contributed by atoms with Gasteiger partial charge < -0.3 is 10.5 Å². The lowest BCUT2D eigenvalue weighted by Crippen LogP contribution is -2.40. The van der Waals surface area contributed by atoms with Crippen LogP contribution in [0.1, 0.15) is 29.2 Å². The number of likely N-dealkylation sites (tertiary alicyclic amines) is 1. The van der Waals surface area contributed by atoms with E-state index in [1.54, 1.807) is 0 Å². The van der Waals surface area contributed by atoms with E-state index in [1.165, 1.54) is 16.7 Å². The Morgan fingerprint density at radius 2 is 2.12 bits per heavy atom. The molecule has 2 aliphatic heterocycles. The van der Waals surface area contributed by atoms with E-state index in [4.69, 9.17) is 10.5 Å². The molecule has 2 aromatic rings. The summed E-state index contributed by atoms with van der Waals surface area (Å²) in [6.45, 7) is 2.00. The highest BCUT2D eigenvalue weighted by atomic mass is 16.5. The van der Waals surface area contributed by atoms with Crippen LogP contribution in [0.2, 0.25) is 0 Å². The number of nitriles is 1. The largest absolute Gasteiger partial charge is 0.483 e. The van der Waals surface area contributed by atoms with E-state index >= 15 is 0 Å². The third kappa shape index (κ3) is 1.92. The molecule has 0 unspecified atom stereocenters. The van der Waals surface area contributed by atoms with Gasteiger partial charge in [0.05, 0.1) is 17.7 Å². The number of benzene rings is 2. The molecule has 2 N–H and O–H groups in total. The summed E-state index contributed by atoms with van der Waals surface area (Å²) in [6, 6.07) is 15.1. The average Bonchev–Trinajstić information content (AvgIpc) is 3.19. The molecule has 0 saturated carbocycles. The van der Waals surface area contributed by atoms with Gasteiger partial charge in [0.1, 0.15) is 11.9 Å². The Morgan fingerprint density at radius 1 is 1.21 bits per heavy atom. The molecule has 0 aromatic heterocycles. The quantitative estimate of drug-likeness (QED) is 0.878. The fourth-order valence-electron chi connectivity index (χ4n) is 4.51. The summed E-state index contributed by atoms with van der Waals surface area (Å²) in [5.41, 5.74) is 11.7. The number of hydrogen-bond donors (Lipinski definition) is 1. The lowest BCUT2D eigenvalue weighted by atomic mass is 9.91. The zero-order valence-corrected chi connectivity index (χ0v) is 13.4. The summed E-state index contributed by atoms with van der Waals surface area (Å²) >= 11 is 0. The van der Waals surface area contributed by atoms with Crippen LogP contribution in [0, 0.1) is 11.3 Å². The number of fused-ring (bicyclic) bond motifs is 2. The summed E-state index contributed by atoms with van der Waals surface area (Å²) in [6.07, 6.45) is 2.15. The van der Waals surface area contributed by atoms with E-state index in [2.05, 4.69) is 29.2 Å². The highest BCUT2D eigenvalue weighted by molar-refractivity contribution is 5.79. The minimum atomic E-state index is 0.0712. The van der Waals surface area contributed by atoms with E-state index in [0.717, 1.165) is 37.2 Å². The standard InChI is InChI=1S/C20H19N3O/c21-10-12-4-5-18-16(8-12)15-3-1-2-13-9-17(20(24-18)19(13)15)23-7-6-14(22)11-23/h1-5,8,14,17,20H,6-7,9,11,22H2/t14-,17+,20-/m0/s1. The van der Waals surface area contributed by atoms with Crippen LogP contribution in [-0.2, 0) is 6.42 Å². The third-order valence-corrected chi connectivity index (χ3v) is 5.64. The normalized spacial score (nSPS) is 27.2. The molecule has 4 heteroatoms. The second-order valence-electron chi connectivity index (χ2n) is 7.05. The molecule has 1 aliphatic carbocycles. The lowest BCUT2D eigenvalue weighted by molar-refractivity contribution is 0.0917. The van der Waals surface area contributed by atoms with Crippen LogP contribution in [0.25, 0.3) is 11.1 Å². The minimum absolute atomic E-state index is 0.0712. The van der Waals surface area contributed by atoms with Crippen molar-refractivity contribution in [1.82, 2.24) is 4.90 Å². The van der Waals surface area contributed by atoms with Crippen molar-refractivity contribution in [3.05, 3.63) is 53.1 Å². The molecule has 2 aromatic carbocycles. The van der Waals surface area contributed by atoms with Crippen LogP contribution in [0.3, 0.4) is 0 Å². The second-order valence-corrected chi connectivity index (χ2v) is 7.05. The van der Waals surface area contributed by atoms with E-state index in [1.807, 2.05) is 18.2 Å². The van der Waals surface area contributed by atoms with Gasteiger partial charge in [-0.2, -0.15) is 5.26 Å². The van der Waals surface area contributed by atoms with E-state index in [-0.39, 0.29) is 12.1 Å². The molecule has 24 heavy (non-hydrogen) atoms. The first-order chi connectivity index (χ1) is 11.7. The van der Waals surface area contributed by atoms with Gasteiger partial charge in [0.2, 0.25) is 0 Å². The predicted molar refractivity (Wildman–Crippen MR) is 91.6 cm³/mol. The monoisotopic (exact) mass is 317 g/mol. The summed E-state index contributed by atoms with van der Waals surface area (Å²) in [5.74, 6) is 0.888. The van der Waals surface area contributed by atoms with Crippen molar-refractivity contribution < 1.29 is 4.74 Å². The van der Waals surface area contributed by atoms with Crippen molar-refractivity contribution in [3.63, 3.8) is 0 Å². The van der Waals surface area contributed by atoms with Crippen molar-refractivity contribution in [2.75, 3.05) is 13.1 Å². The van der Waals surface area contributed by atoms with Gasteiger partial charge in [-0.3, -0.25) is 4.90 Å². The molecule has 0 spiro atoms. The lowest BCUT2D eigenvalue weighted by Gasteiger charge is -2.33. The Bertz CT molecular complexity index is 870. The average molecular weight is 317 g/mol. The zero-order valence-electron chi connectivity index (χ0n) is 13.4. The molecule has 3 aliphatic rings.